The van der Waals surface area contributed by atoms with E-state index in [0.29, 0.717) is 6.42 Å². The second-order valence-corrected chi connectivity index (χ2v) is 6.68. The number of hydrogen-bond donors (Lipinski definition) is 3. The average Bonchev–Trinajstić information content (AvgIpc) is 2.65. The Kier molecular flexibility index (Phi) is 6.98. The van der Waals surface area contributed by atoms with E-state index in [1.165, 1.54) is 29.5 Å². The van der Waals surface area contributed by atoms with Gasteiger partial charge < -0.3 is 15.9 Å². The zero-order chi connectivity index (χ0) is 17.4. The smallest absolute Gasteiger partial charge is 0.0633 e. The second kappa shape index (κ2) is 8.97. The van der Waals surface area contributed by atoms with Crippen LogP contribution in [-0.4, -0.2) is 29.0 Å². The molecule has 0 aliphatic heterocycles. The molecule has 24 heavy (non-hydrogen) atoms. The number of aryl methyl sites for hydroxylation is 2. The van der Waals surface area contributed by atoms with Crippen molar-refractivity contribution in [1.82, 2.24) is 0 Å². The molecule has 0 aliphatic carbocycles. The predicted molar refractivity (Wildman–Crippen MR) is 99.9 cm³/mol. The van der Waals surface area contributed by atoms with Gasteiger partial charge >= 0.3 is 0 Å². The molecule has 0 heterocycles. The van der Waals surface area contributed by atoms with Gasteiger partial charge in [0.2, 0.25) is 0 Å². The van der Waals surface area contributed by atoms with Crippen LogP contribution in [0.2, 0.25) is 0 Å². The Morgan fingerprint density at radius 1 is 0.792 bits per heavy atom. The summed E-state index contributed by atoms with van der Waals surface area (Å²) in [5.74, 6) is 0. The van der Waals surface area contributed by atoms with Crippen LogP contribution in [0.5, 0.6) is 0 Å². The lowest BCUT2D eigenvalue weighted by molar-refractivity contribution is 0.115. The molecule has 0 saturated carbocycles. The maximum atomic E-state index is 9.25. The fourth-order valence-electron chi connectivity index (χ4n) is 2.71. The molecule has 0 bridgehead atoms. The molecule has 0 aliphatic rings. The van der Waals surface area contributed by atoms with Crippen LogP contribution in [0.15, 0.2) is 48.5 Å². The third-order valence-corrected chi connectivity index (χ3v) is 4.60. The van der Waals surface area contributed by atoms with Gasteiger partial charge in [-0.15, -0.1) is 0 Å². The Morgan fingerprint density at radius 3 is 1.67 bits per heavy atom. The molecule has 0 saturated heterocycles. The molecule has 3 heteroatoms. The number of rotatable bonds is 9. The van der Waals surface area contributed by atoms with Crippen molar-refractivity contribution < 1.29 is 10.2 Å². The Hall–Kier alpha value is -1.68. The van der Waals surface area contributed by atoms with E-state index < -0.39 is 5.54 Å². The van der Waals surface area contributed by atoms with Crippen molar-refractivity contribution in [1.29, 1.82) is 0 Å². The summed E-state index contributed by atoms with van der Waals surface area (Å²) in [6, 6.07) is 17.2. The maximum absolute atomic E-state index is 9.25. The van der Waals surface area contributed by atoms with Gasteiger partial charge in [-0.2, -0.15) is 0 Å². The van der Waals surface area contributed by atoms with Crippen molar-refractivity contribution in [3.05, 3.63) is 59.7 Å². The fourth-order valence-corrected chi connectivity index (χ4v) is 2.71. The summed E-state index contributed by atoms with van der Waals surface area (Å²) < 4.78 is 0. The quantitative estimate of drug-likeness (QED) is 0.662. The van der Waals surface area contributed by atoms with Crippen LogP contribution >= 0.6 is 0 Å². The van der Waals surface area contributed by atoms with Gasteiger partial charge in [0, 0.05) is 0 Å². The Bertz CT molecular complexity index is 601. The van der Waals surface area contributed by atoms with Gasteiger partial charge in [0.05, 0.1) is 18.8 Å². The van der Waals surface area contributed by atoms with Crippen molar-refractivity contribution in [3.8, 4) is 11.1 Å². The first kappa shape index (κ1) is 18.7. The molecule has 3 nitrogen and oxygen atoms in total. The summed E-state index contributed by atoms with van der Waals surface area (Å²) >= 11 is 0. The zero-order valence-electron chi connectivity index (χ0n) is 14.5. The topological polar surface area (TPSA) is 66.5 Å². The molecule has 0 atom stereocenters. The third kappa shape index (κ3) is 5.17. The van der Waals surface area contributed by atoms with Crippen LogP contribution < -0.4 is 5.73 Å². The summed E-state index contributed by atoms with van der Waals surface area (Å²) in [7, 11) is 0. The number of aliphatic hydroxyl groups excluding tert-OH is 2. The molecule has 2 aromatic carbocycles. The molecular formula is C21H29NO2. The van der Waals surface area contributed by atoms with E-state index in [9.17, 15) is 10.2 Å². The van der Waals surface area contributed by atoms with Crippen molar-refractivity contribution >= 4 is 0 Å². The Balaban J connectivity index is 1.98. The molecule has 0 aromatic heterocycles. The second-order valence-electron chi connectivity index (χ2n) is 6.68. The minimum Gasteiger partial charge on any atom is -0.394 e. The van der Waals surface area contributed by atoms with E-state index in [4.69, 9.17) is 5.73 Å². The number of nitrogens with two attached hydrogens (primary N) is 1. The highest BCUT2D eigenvalue weighted by Gasteiger charge is 2.22. The van der Waals surface area contributed by atoms with Crippen LogP contribution in [0.4, 0.5) is 0 Å². The minimum atomic E-state index is -0.896. The Morgan fingerprint density at radius 2 is 1.25 bits per heavy atom. The first-order valence-corrected chi connectivity index (χ1v) is 8.79. The first-order valence-electron chi connectivity index (χ1n) is 8.79. The number of hydrogen-bond acceptors (Lipinski definition) is 3. The lowest BCUT2D eigenvalue weighted by Crippen LogP contribution is -2.47. The van der Waals surface area contributed by atoms with E-state index in [2.05, 4.69) is 55.5 Å². The van der Waals surface area contributed by atoms with Crippen LogP contribution in [-0.2, 0) is 12.8 Å². The van der Waals surface area contributed by atoms with Gasteiger partial charge in [0.1, 0.15) is 0 Å². The normalized spacial score (nSPS) is 11.7. The van der Waals surface area contributed by atoms with Gasteiger partial charge in [-0.3, -0.25) is 0 Å². The van der Waals surface area contributed by atoms with Crippen molar-refractivity contribution in [2.75, 3.05) is 13.2 Å². The lowest BCUT2D eigenvalue weighted by atomic mass is 9.93. The van der Waals surface area contributed by atoms with Gasteiger partial charge in [0.25, 0.3) is 0 Å². The van der Waals surface area contributed by atoms with Crippen molar-refractivity contribution in [2.24, 2.45) is 5.73 Å². The zero-order valence-corrected chi connectivity index (χ0v) is 14.5. The Labute approximate surface area is 145 Å². The monoisotopic (exact) mass is 327 g/mol. The van der Waals surface area contributed by atoms with E-state index in [-0.39, 0.29) is 13.2 Å². The summed E-state index contributed by atoms with van der Waals surface area (Å²) in [6.07, 6.45) is 4.91. The third-order valence-electron chi connectivity index (χ3n) is 4.60. The highest BCUT2D eigenvalue weighted by molar-refractivity contribution is 5.64. The lowest BCUT2D eigenvalue weighted by Gasteiger charge is -2.24. The first-order chi connectivity index (χ1) is 11.6. The maximum Gasteiger partial charge on any atom is 0.0633 e. The van der Waals surface area contributed by atoms with Gasteiger partial charge in [0.15, 0.2) is 0 Å². The van der Waals surface area contributed by atoms with Gasteiger partial charge in [-0.1, -0.05) is 61.9 Å². The molecule has 2 aromatic rings. The molecule has 130 valence electrons. The standard InChI is InChI=1S/C21H29NO2/c1-2-3-4-17-5-9-19(10-6-17)20-11-7-18(8-12-20)13-14-21(22,15-23)16-24/h5-12,23-24H,2-4,13-16,22H2,1H3. The fraction of sp³-hybridized carbons (Fsp3) is 0.429. The molecule has 4 N–H and O–H groups in total. The minimum absolute atomic E-state index is 0.202. The SMILES string of the molecule is CCCCc1ccc(-c2ccc(CCC(N)(CO)CO)cc2)cc1. The van der Waals surface area contributed by atoms with Crippen LogP contribution in [0, 0.1) is 0 Å². The molecule has 2 rings (SSSR count). The summed E-state index contributed by atoms with van der Waals surface area (Å²) in [4.78, 5) is 0. The molecule has 0 radical (unpaired) electrons. The predicted octanol–water partition coefficient (Wildman–Crippen LogP) is 3.31. The van der Waals surface area contributed by atoms with Crippen molar-refractivity contribution in [3.63, 3.8) is 0 Å². The highest BCUT2D eigenvalue weighted by atomic mass is 16.3. The molecule has 0 fully saturated rings. The van der Waals surface area contributed by atoms with E-state index >= 15 is 0 Å². The van der Waals surface area contributed by atoms with Crippen molar-refractivity contribution in [2.45, 2.75) is 44.6 Å². The molecule has 0 amide bonds. The van der Waals surface area contributed by atoms with Gasteiger partial charge in [-0.25, -0.2) is 0 Å². The van der Waals surface area contributed by atoms with Gasteiger partial charge in [-0.05, 0) is 47.9 Å². The van der Waals surface area contributed by atoms with E-state index in [0.717, 1.165) is 18.4 Å². The summed E-state index contributed by atoms with van der Waals surface area (Å²) in [5.41, 5.74) is 9.99. The number of benzene rings is 2. The molecular weight excluding hydrogens is 298 g/mol. The summed E-state index contributed by atoms with van der Waals surface area (Å²) in [6.45, 7) is 1.81. The van der Waals surface area contributed by atoms with Crippen LogP contribution in [0.25, 0.3) is 11.1 Å². The number of unbranched alkanes of at least 4 members (excludes halogenated alkanes) is 1. The highest BCUT2D eigenvalue weighted by Crippen LogP contribution is 2.22. The van der Waals surface area contributed by atoms with E-state index in [1.54, 1.807) is 0 Å². The number of aliphatic hydroxyl groups is 2. The van der Waals surface area contributed by atoms with E-state index in [1.807, 2.05) is 0 Å². The average molecular weight is 327 g/mol. The molecule has 0 spiro atoms. The largest absolute Gasteiger partial charge is 0.394 e. The van der Waals surface area contributed by atoms with Crippen LogP contribution in [0.3, 0.4) is 0 Å². The molecule has 0 unspecified atom stereocenters. The summed E-state index contributed by atoms with van der Waals surface area (Å²) in [5, 5.41) is 18.5. The van der Waals surface area contributed by atoms with Crippen LogP contribution in [0.1, 0.15) is 37.3 Å².